The van der Waals surface area contributed by atoms with E-state index < -0.39 is 4.92 Å². The van der Waals surface area contributed by atoms with Crippen LogP contribution in [0.4, 0.5) is 5.69 Å². The molecular formula is C27H23N7O3. The predicted octanol–water partition coefficient (Wildman–Crippen LogP) is 4.33. The molecule has 1 amide bonds. The summed E-state index contributed by atoms with van der Waals surface area (Å²) in [6.45, 7) is 2.70. The first-order chi connectivity index (χ1) is 18.0. The Bertz CT molecular complexity index is 1560. The summed E-state index contributed by atoms with van der Waals surface area (Å²) >= 11 is 0. The highest BCUT2D eigenvalue weighted by molar-refractivity contribution is 5.93. The molecule has 10 heteroatoms. The number of nitrogens with zero attached hydrogens (tertiary/aromatic N) is 6. The minimum atomic E-state index is -0.478. The van der Waals surface area contributed by atoms with Crippen molar-refractivity contribution in [3.05, 3.63) is 124 Å². The number of non-ortho nitro benzene ring substituents is 1. The van der Waals surface area contributed by atoms with E-state index in [2.05, 4.69) is 45.0 Å². The van der Waals surface area contributed by atoms with Gasteiger partial charge in [0.25, 0.3) is 11.6 Å². The first kappa shape index (κ1) is 23.6. The molecule has 0 bridgehead atoms. The minimum Gasteiger partial charge on any atom is -0.346 e. The highest BCUT2D eigenvalue weighted by atomic mass is 16.6. The summed E-state index contributed by atoms with van der Waals surface area (Å²) in [4.78, 5) is 23.6. The third-order valence-electron chi connectivity index (χ3n) is 6.02. The zero-order valence-electron chi connectivity index (χ0n) is 20.0. The van der Waals surface area contributed by atoms with Crippen LogP contribution in [-0.2, 0) is 13.1 Å². The van der Waals surface area contributed by atoms with Crippen LogP contribution in [0.15, 0.2) is 91.3 Å². The highest BCUT2D eigenvalue weighted by Gasteiger charge is 2.19. The molecular weight excluding hydrogens is 470 g/mol. The number of amides is 1. The number of aromatic nitrogens is 5. The van der Waals surface area contributed by atoms with Crippen LogP contribution in [0.3, 0.4) is 0 Å². The molecule has 0 aliphatic carbocycles. The molecule has 37 heavy (non-hydrogen) atoms. The lowest BCUT2D eigenvalue weighted by molar-refractivity contribution is -0.384. The topological polar surface area (TPSA) is 121 Å². The first-order valence-corrected chi connectivity index (χ1v) is 11.6. The van der Waals surface area contributed by atoms with E-state index in [9.17, 15) is 14.9 Å². The van der Waals surface area contributed by atoms with Crippen molar-refractivity contribution in [3.8, 4) is 16.8 Å². The number of carbonyl (C=O) groups excluding carboxylic acids is 1. The maximum Gasteiger partial charge on any atom is 0.274 e. The molecule has 10 nitrogen and oxygen atoms in total. The van der Waals surface area contributed by atoms with Crippen LogP contribution in [0.25, 0.3) is 16.8 Å². The molecule has 0 saturated heterocycles. The zero-order chi connectivity index (χ0) is 25.8. The van der Waals surface area contributed by atoms with Crippen molar-refractivity contribution in [1.82, 2.24) is 30.1 Å². The average Bonchev–Trinajstić information content (AvgIpc) is 3.57. The summed E-state index contributed by atoms with van der Waals surface area (Å²) in [7, 11) is 0. The lowest BCUT2D eigenvalue weighted by atomic mass is 9.98. The summed E-state index contributed by atoms with van der Waals surface area (Å²) in [5, 5.41) is 26.3. The predicted molar refractivity (Wildman–Crippen MR) is 137 cm³/mol. The number of benzene rings is 3. The van der Waals surface area contributed by atoms with Crippen molar-refractivity contribution in [3.63, 3.8) is 0 Å². The molecule has 184 valence electrons. The maximum atomic E-state index is 13.0. The van der Waals surface area contributed by atoms with Crippen molar-refractivity contribution >= 4 is 11.6 Å². The minimum absolute atomic E-state index is 0.0653. The fourth-order valence-corrected chi connectivity index (χ4v) is 4.11. The van der Waals surface area contributed by atoms with Crippen molar-refractivity contribution < 1.29 is 9.72 Å². The van der Waals surface area contributed by atoms with Gasteiger partial charge >= 0.3 is 0 Å². The first-order valence-electron chi connectivity index (χ1n) is 11.6. The largest absolute Gasteiger partial charge is 0.346 e. The molecule has 0 saturated carbocycles. The molecule has 0 spiro atoms. The SMILES string of the molecule is Cc1c(C(=O)NCc2ccccc2-c2ccc(Cn3cccn3)cc2)nnn1-c1cccc([N+](=O)[O-])c1. The molecule has 3 aromatic carbocycles. The van der Waals surface area contributed by atoms with Gasteiger partial charge in [0.2, 0.25) is 0 Å². The Morgan fingerprint density at radius 1 is 1.03 bits per heavy atom. The number of carbonyl (C=O) groups is 1. The molecule has 0 unspecified atom stereocenters. The van der Waals surface area contributed by atoms with E-state index >= 15 is 0 Å². The number of nitro groups is 1. The zero-order valence-corrected chi connectivity index (χ0v) is 20.0. The van der Waals surface area contributed by atoms with Gasteiger partial charge in [-0.1, -0.05) is 59.8 Å². The lowest BCUT2D eigenvalue weighted by Gasteiger charge is -2.12. The van der Waals surface area contributed by atoms with Gasteiger partial charge in [-0.2, -0.15) is 5.10 Å². The third-order valence-corrected chi connectivity index (χ3v) is 6.02. The molecule has 2 heterocycles. The van der Waals surface area contributed by atoms with Gasteiger partial charge in [-0.15, -0.1) is 5.10 Å². The monoisotopic (exact) mass is 493 g/mol. The van der Waals surface area contributed by atoms with Gasteiger partial charge in [-0.25, -0.2) is 4.68 Å². The Hall–Kier alpha value is -5.12. The van der Waals surface area contributed by atoms with Crippen LogP contribution in [-0.4, -0.2) is 35.6 Å². The normalized spacial score (nSPS) is 10.8. The number of hydrogen-bond donors (Lipinski definition) is 1. The molecule has 0 radical (unpaired) electrons. The number of nitro benzene ring substituents is 1. The molecule has 0 atom stereocenters. The summed E-state index contributed by atoms with van der Waals surface area (Å²) in [6, 6.07) is 24.1. The van der Waals surface area contributed by atoms with E-state index in [1.807, 2.05) is 41.2 Å². The van der Waals surface area contributed by atoms with Gasteiger partial charge < -0.3 is 5.32 Å². The fraction of sp³-hybridized carbons (Fsp3) is 0.111. The lowest BCUT2D eigenvalue weighted by Crippen LogP contribution is -2.24. The van der Waals surface area contributed by atoms with Crippen LogP contribution < -0.4 is 5.32 Å². The molecule has 1 N–H and O–H groups in total. The van der Waals surface area contributed by atoms with Gasteiger partial charge in [0.05, 0.1) is 22.8 Å². The Labute approximate surface area is 212 Å². The van der Waals surface area contributed by atoms with Gasteiger partial charge in [-0.05, 0) is 41.3 Å². The van der Waals surface area contributed by atoms with Crippen molar-refractivity contribution in [1.29, 1.82) is 0 Å². The van der Waals surface area contributed by atoms with E-state index in [4.69, 9.17) is 0 Å². The van der Waals surface area contributed by atoms with Crippen LogP contribution in [0, 0.1) is 17.0 Å². The number of hydrogen-bond acceptors (Lipinski definition) is 6. The summed E-state index contributed by atoms with van der Waals surface area (Å²) < 4.78 is 3.29. The third kappa shape index (κ3) is 5.13. The summed E-state index contributed by atoms with van der Waals surface area (Å²) in [5.74, 6) is -0.376. The van der Waals surface area contributed by atoms with E-state index in [1.54, 1.807) is 25.3 Å². The van der Waals surface area contributed by atoms with Crippen molar-refractivity contribution in [2.45, 2.75) is 20.0 Å². The highest BCUT2D eigenvalue weighted by Crippen LogP contribution is 2.25. The van der Waals surface area contributed by atoms with Gasteiger partial charge in [-0.3, -0.25) is 19.6 Å². The van der Waals surface area contributed by atoms with E-state index in [-0.39, 0.29) is 17.3 Å². The molecule has 5 rings (SSSR count). The van der Waals surface area contributed by atoms with Gasteiger partial charge in [0, 0.05) is 31.1 Å². The van der Waals surface area contributed by atoms with Crippen LogP contribution in [0.5, 0.6) is 0 Å². The second kappa shape index (κ2) is 10.2. The number of rotatable bonds is 8. The summed E-state index contributed by atoms with van der Waals surface area (Å²) in [5.41, 5.74) is 5.20. The van der Waals surface area contributed by atoms with Crippen LogP contribution in [0.1, 0.15) is 27.3 Å². The van der Waals surface area contributed by atoms with E-state index in [1.165, 1.54) is 16.8 Å². The fourth-order valence-electron chi connectivity index (χ4n) is 4.11. The molecule has 0 aliphatic heterocycles. The Morgan fingerprint density at radius 2 is 1.84 bits per heavy atom. The van der Waals surface area contributed by atoms with E-state index in [0.717, 1.165) is 22.3 Å². The molecule has 5 aromatic rings. The second-order valence-corrected chi connectivity index (χ2v) is 8.45. The van der Waals surface area contributed by atoms with Crippen molar-refractivity contribution in [2.24, 2.45) is 0 Å². The Balaban J connectivity index is 1.30. The standard InChI is InChI=1S/C27H23N7O3/c1-19-26(30-31-33(19)23-7-4-8-24(16-23)34(36)37)27(35)28-17-22-6-2-3-9-25(22)21-12-10-20(11-13-21)18-32-15-5-14-29-32/h2-16H,17-18H2,1H3,(H,28,35). The summed E-state index contributed by atoms with van der Waals surface area (Å²) in [6.07, 6.45) is 3.69. The Kier molecular flexibility index (Phi) is 6.54. The maximum absolute atomic E-state index is 13.0. The molecule has 2 aromatic heterocycles. The van der Waals surface area contributed by atoms with E-state index in [0.29, 0.717) is 24.5 Å². The smallest absolute Gasteiger partial charge is 0.274 e. The quantitative estimate of drug-likeness (QED) is 0.254. The van der Waals surface area contributed by atoms with Gasteiger partial charge in [0.1, 0.15) is 0 Å². The molecule has 0 fully saturated rings. The number of nitrogens with one attached hydrogen (secondary N) is 1. The molecule has 0 aliphatic rings. The van der Waals surface area contributed by atoms with Crippen molar-refractivity contribution in [2.75, 3.05) is 0 Å². The van der Waals surface area contributed by atoms with Crippen LogP contribution >= 0.6 is 0 Å². The second-order valence-electron chi connectivity index (χ2n) is 8.45. The Morgan fingerprint density at radius 3 is 2.59 bits per heavy atom. The van der Waals surface area contributed by atoms with Gasteiger partial charge in [0.15, 0.2) is 5.69 Å². The average molecular weight is 494 g/mol. The van der Waals surface area contributed by atoms with Crippen LogP contribution in [0.2, 0.25) is 0 Å².